The van der Waals surface area contributed by atoms with Gasteiger partial charge in [0.2, 0.25) is 5.91 Å². The van der Waals surface area contributed by atoms with Crippen molar-refractivity contribution in [2.24, 2.45) is 0 Å². The molecule has 0 fully saturated rings. The summed E-state index contributed by atoms with van der Waals surface area (Å²) in [5.41, 5.74) is 3.12. The largest absolute Gasteiger partial charge is 0.348 e. The van der Waals surface area contributed by atoms with Crippen LogP contribution in [0.25, 0.3) is 11.0 Å². The molecule has 1 N–H and O–H groups in total. The van der Waals surface area contributed by atoms with Gasteiger partial charge < -0.3 is 9.88 Å². The van der Waals surface area contributed by atoms with E-state index in [9.17, 15) is 18.8 Å². The lowest BCUT2D eigenvalue weighted by Gasteiger charge is -2.18. The summed E-state index contributed by atoms with van der Waals surface area (Å²) in [5.74, 6) is -2.49. The van der Waals surface area contributed by atoms with E-state index in [1.165, 1.54) is 17.0 Å². The molecule has 0 spiro atoms. The average molecular weight is 396 g/mol. The van der Waals surface area contributed by atoms with E-state index in [-0.39, 0.29) is 29.9 Å². The lowest BCUT2D eigenvalue weighted by atomic mass is 9.92. The van der Waals surface area contributed by atoms with Gasteiger partial charge in [0, 0.05) is 0 Å². The first-order chi connectivity index (χ1) is 13.8. The normalized spacial score (nSPS) is 13.1. The summed E-state index contributed by atoms with van der Waals surface area (Å²) in [7, 11) is 0. The molecule has 1 aromatic heterocycles. The van der Waals surface area contributed by atoms with Crippen LogP contribution in [0.3, 0.4) is 0 Å². The Hall–Kier alpha value is -3.27. The number of fused-ring (bicyclic) bond motifs is 1. The molecule has 0 aliphatic heterocycles. The molecular formula is C22H22F2N4O. The van der Waals surface area contributed by atoms with E-state index >= 15 is 0 Å². The van der Waals surface area contributed by atoms with Gasteiger partial charge in [-0.15, -0.1) is 0 Å². The highest BCUT2D eigenvalue weighted by atomic mass is 19.2. The van der Waals surface area contributed by atoms with Gasteiger partial charge >= 0.3 is 0 Å². The topological polar surface area (TPSA) is 70.7 Å². The number of hydrogen-bond acceptors (Lipinski definition) is 3. The number of carbonyl (C=O) groups is 1. The fourth-order valence-electron chi connectivity index (χ4n) is 3.54. The molecule has 0 bridgehead atoms. The van der Waals surface area contributed by atoms with E-state index in [4.69, 9.17) is 0 Å². The molecule has 0 saturated heterocycles. The summed E-state index contributed by atoms with van der Waals surface area (Å²) in [6.07, 6.45) is 2.06. The maximum Gasteiger partial charge on any atom is 0.240 e. The number of nitriles is 1. The van der Waals surface area contributed by atoms with Gasteiger partial charge in [-0.2, -0.15) is 5.26 Å². The van der Waals surface area contributed by atoms with E-state index in [2.05, 4.69) is 16.4 Å². The van der Waals surface area contributed by atoms with Crippen LogP contribution in [-0.4, -0.2) is 15.5 Å². The van der Waals surface area contributed by atoms with Crippen LogP contribution in [0.1, 0.15) is 48.9 Å². The molecule has 3 aromatic rings. The Morgan fingerprint density at radius 3 is 2.72 bits per heavy atom. The summed E-state index contributed by atoms with van der Waals surface area (Å²) in [5, 5.41) is 12.1. The molecule has 1 amide bonds. The van der Waals surface area contributed by atoms with Gasteiger partial charge in [-0.3, -0.25) is 4.79 Å². The fourth-order valence-corrected chi connectivity index (χ4v) is 3.54. The van der Waals surface area contributed by atoms with E-state index in [0.717, 1.165) is 29.2 Å². The Kier molecular flexibility index (Phi) is 5.92. The van der Waals surface area contributed by atoms with Crippen LogP contribution in [0.2, 0.25) is 0 Å². The zero-order chi connectivity index (χ0) is 21.1. The third kappa shape index (κ3) is 4.11. The van der Waals surface area contributed by atoms with Gasteiger partial charge in [0.05, 0.1) is 29.9 Å². The van der Waals surface area contributed by atoms with Crippen molar-refractivity contribution in [3.63, 3.8) is 0 Å². The van der Waals surface area contributed by atoms with Crippen molar-refractivity contribution in [2.75, 3.05) is 0 Å². The standard InChI is InChI=1S/C22H22F2N4O/c1-4-15(10-25)16-5-6-17(13(2)9-16)14(3)27-20(29)11-28-12-26-19-8-7-18(23)21(24)22(19)28/h5-9,12,14-15H,4,11H2,1-3H3,(H,27,29). The predicted molar refractivity (Wildman–Crippen MR) is 106 cm³/mol. The number of nitrogens with one attached hydrogen (secondary N) is 1. The lowest BCUT2D eigenvalue weighted by Crippen LogP contribution is -2.30. The number of rotatable bonds is 6. The van der Waals surface area contributed by atoms with E-state index in [1.807, 2.05) is 39.0 Å². The number of aryl methyl sites for hydroxylation is 1. The highest BCUT2D eigenvalue weighted by Crippen LogP contribution is 2.25. The number of aromatic nitrogens is 2. The fraction of sp³-hybridized carbons (Fsp3) is 0.318. The molecule has 0 saturated carbocycles. The van der Waals surface area contributed by atoms with E-state index in [1.54, 1.807) is 0 Å². The molecule has 29 heavy (non-hydrogen) atoms. The van der Waals surface area contributed by atoms with Crippen LogP contribution in [0, 0.1) is 29.9 Å². The quantitative estimate of drug-likeness (QED) is 0.666. The van der Waals surface area contributed by atoms with Crippen molar-refractivity contribution >= 4 is 16.9 Å². The molecule has 5 nitrogen and oxygen atoms in total. The molecule has 0 aliphatic rings. The van der Waals surface area contributed by atoms with Crippen molar-refractivity contribution in [1.29, 1.82) is 5.26 Å². The third-order valence-electron chi connectivity index (χ3n) is 5.09. The van der Waals surface area contributed by atoms with Crippen LogP contribution in [-0.2, 0) is 11.3 Å². The van der Waals surface area contributed by atoms with Crippen molar-refractivity contribution in [3.8, 4) is 6.07 Å². The first-order valence-electron chi connectivity index (χ1n) is 9.44. The SMILES string of the molecule is CCC(C#N)c1ccc(C(C)NC(=O)Cn2cnc3ccc(F)c(F)c32)c(C)c1. The minimum absolute atomic E-state index is 0.0320. The van der Waals surface area contributed by atoms with Crippen LogP contribution in [0.5, 0.6) is 0 Å². The minimum atomic E-state index is -1.02. The second-order valence-corrected chi connectivity index (χ2v) is 7.10. The highest BCUT2D eigenvalue weighted by Gasteiger charge is 2.17. The smallest absolute Gasteiger partial charge is 0.240 e. The third-order valence-corrected chi connectivity index (χ3v) is 5.09. The number of carbonyl (C=O) groups excluding carboxylic acids is 1. The molecule has 2 unspecified atom stereocenters. The first-order valence-corrected chi connectivity index (χ1v) is 9.44. The number of halogens is 2. The molecule has 7 heteroatoms. The van der Waals surface area contributed by atoms with Crippen LogP contribution in [0.4, 0.5) is 8.78 Å². The predicted octanol–water partition coefficient (Wildman–Crippen LogP) is 4.52. The highest BCUT2D eigenvalue weighted by molar-refractivity contribution is 5.81. The van der Waals surface area contributed by atoms with Gasteiger partial charge in [0.1, 0.15) is 12.1 Å². The Morgan fingerprint density at radius 1 is 1.31 bits per heavy atom. The Morgan fingerprint density at radius 2 is 2.07 bits per heavy atom. The molecule has 3 rings (SSSR count). The van der Waals surface area contributed by atoms with Crippen molar-refractivity contribution in [2.45, 2.75) is 45.7 Å². The van der Waals surface area contributed by atoms with Crippen LogP contribution in [0.15, 0.2) is 36.7 Å². The Labute approximate surface area is 168 Å². The lowest BCUT2D eigenvalue weighted by molar-refractivity contribution is -0.122. The summed E-state index contributed by atoms with van der Waals surface area (Å²) >= 11 is 0. The zero-order valence-corrected chi connectivity index (χ0v) is 16.5. The number of imidazole rings is 1. The second kappa shape index (κ2) is 8.39. The average Bonchev–Trinajstić information content (AvgIpc) is 3.09. The van der Waals surface area contributed by atoms with Gasteiger partial charge in [0.15, 0.2) is 11.6 Å². The van der Waals surface area contributed by atoms with Crippen molar-refractivity contribution < 1.29 is 13.6 Å². The number of amides is 1. The molecular weight excluding hydrogens is 374 g/mol. The number of hydrogen-bond donors (Lipinski definition) is 1. The number of nitrogens with zero attached hydrogens (tertiary/aromatic N) is 3. The maximum atomic E-state index is 14.1. The first kappa shape index (κ1) is 20.5. The van der Waals surface area contributed by atoms with E-state index in [0.29, 0.717) is 5.52 Å². The van der Waals surface area contributed by atoms with Gasteiger partial charge in [0.25, 0.3) is 0 Å². The maximum absolute atomic E-state index is 14.1. The molecule has 0 aliphatic carbocycles. The number of benzene rings is 2. The van der Waals surface area contributed by atoms with Gasteiger partial charge in [-0.25, -0.2) is 13.8 Å². The molecule has 2 aromatic carbocycles. The van der Waals surface area contributed by atoms with E-state index < -0.39 is 11.6 Å². The van der Waals surface area contributed by atoms with Crippen molar-refractivity contribution in [3.05, 3.63) is 65.0 Å². The summed E-state index contributed by atoms with van der Waals surface area (Å²) in [4.78, 5) is 16.5. The summed E-state index contributed by atoms with van der Waals surface area (Å²) < 4.78 is 28.9. The summed E-state index contributed by atoms with van der Waals surface area (Å²) in [6, 6.07) is 10.2. The Balaban J connectivity index is 1.75. The van der Waals surface area contributed by atoms with Crippen LogP contribution >= 0.6 is 0 Å². The molecule has 0 radical (unpaired) electrons. The summed E-state index contributed by atoms with van der Waals surface area (Å²) in [6.45, 7) is 5.58. The zero-order valence-electron chi connectivity index (χ0n) is 16.5. The van der Waals surface area contributed by atoms with Gasteiger partial charge in [-0.1, -0.05) is 25.1 Å². The van der Waals surface area contributed by atoms with Crippen molar-refractivity contribution in [1.82, 2.24) is 14.9 Å². The minimum Gasteiger partial charge on any atom is -0.348 e. The monoisotopic (exact) mass is 396 g/mol. The molecule has 1 heterocycles. The van der Waals surface area contributed by atoms with Gasteiger partial charge in [-0.05, 0) is 49.1 Å². The van der Waals surface area contributed by atoms with Crippen LogP contribution < -0.4 is 5.32 Å². The second-order valence-electron chi connectivity index (χ2n) is 7.10. The molecule has 150 valence electrons. The Bertz CT molecular complexity index is 1100. The molecule has 2 atom stereocenters.